The van der Waals surface area contributed by atoms with Crippen molar-refractivity contribution in [1.82, 2.24) is 0 Å². The second-order valence-corrected chi connectivity index (χ2v) is 3.53. The molecular formula is C7H8BNO2S. The second-order valence-electron chi connectivity index (χ2n) is 2.31. The topological polar surface area (TPSA) is 52.3 Å². The molecule has 0 amide bonds. The Morgan fingerprint density at radius 1 is 1.67 bits per heavy atom. The molecule has 0 saturated heterocycles. The average molecular weight is 181 g/mol. The molecule has 1 aromatic rings. The van der Waals surface area contributed by atoms with E-state index in [2.05, 4.69) is 4.74 Å². The monoisotopic (exact) mass is 181 g/mol. The lowest BCUT2D eigenvalue weighted by Crippen LogP contribution is -2.11. The molecule has 1 rings (SSSR count). The number of nitrogen functional groups attached to an aromatic ring is 1. The van der Waals surface area contributed by atoms with Crippen molar-refractivity contribution in [2.75, 3.05) is 12.8 Å². The van der Waals surface area contributed by atoms with Crippen molar-refractivity contribution in [3.05, 3.63) is 9.75 Å². The van der Waals surface area contributed by atoms with Crippen molar-refractivity contribution in [3.8, 4) is 0 Å². The number of aryl methyl sites for hydroxylation is 1. The molecule has 0 fully saturated rings. The molecule has 0 saturated carbocycles. The molecule has 0 spiro atoms. The number of methoxy groups -OCH3 is 1. The van der Waals surface area contributed by atoms with E-state index >= 15 is 0 Å². The smallest absolute Gasteiger partial charge is 0.350 e. The molecule has 2 radical (unpaired) electrons. The summed E-state index contributed by atoms with van der Waals surface area (Å²) < 4.78 is 4.52. The van der Waals surface area contributed by atoms with E-state index in [-0.39, 0.29) is 0 Å². The van der Waals surface area contributed by atoms with Gasteiger partial charge < -0.3 is 10.5 Å². The highest BCUT2D eigenvalue weighted by atomic mass is 32.1. The molecule has 0 bridgehead atoms. The first-order chi connectivity index (χ1) is 5.57. The molecule has 1 heterocycles. The Morgan fingerprint density at radius 2 is 2.25 bits per heavy atom. The van der Waals surface area contributed by atoms with Crippen molar-refractivity contribution in [2.24, 2.45) is 0 Å². The molecule has 0 unspecified atom stereocenters. The zero-order valence-electron chi connectivity index (χ0n) is 6.88. The minimum Gasteiger partial charge on any atom is -0.465 e. The zero-order chi connectivity index (χ0) is 9.30. The van der Waals surface area contributed by atoms with E-state index in [0.29, 0.717) is 16.0 Å². The molecule has 12 heavy (non-hydrogen) atoms. The van der Waals surface area contributed by atoms with E-state index in [4.69, 9.17) is 13.6 Å². The summed E-state index contributed by atoms with van der Waals surface area (Å²) in [7, 11) is 6.89. The fraction of sp³-hybridized carbons (Fsp3) is 0.286. The van der Waals surface area contributed by atoms with Gasteiger partial charge in [-0.1, -0.05) is 5.46 Å². The van der Waals surface area contributed by atoms with Crippen LogP contribution in [0.4, 0.5) is 5.69 Å². The minimum absolute atomic E-state index is 0.323. The predicted octanol–water partition coefficient (Wildman–Crippen LogP) is 0.219. The Labute approximate surface area is 75.9 Å². The molecule has 0 aliphatic carbocycles. The average Bonchev–Trinajstić information content (AvgIpc) is 2.32. The molecule has 5 heteroatoms. The first-order valence-corrected chi connectivity index (χ1v) is 4.12. The van der Waals surface area contributed by atoms with Crippen LogP contribution in [0.25, 0.3) is 0 Å². The normalized spacial score (nSPS) is 9.83. The van der Waals surface area contributed by atoms with Gasteiger partial charge in [-0.15, -0.1) is 11.3 Å². The van der Waals surface area contributed by atoms with Crippen LogP contribution >= 0.6 is 11.3 Å². The predicted molar refractivity (Wildman–Crippen MR) is 50.2 cm³/mol. The lowest BCUT2D eigenvalue weighted by atomic mass is 9.95. The lowest BCUT2D eigenvalue weighted by Gasteiger charge is -1.96. The van der Waals surface area contributed by atoms with E-state index < -0.39 is 5.97 Å². The number of thiophene rings is 1. The van der Waals surface area contributed by atoms with Crippen molar-refractivity contribution in [2.45, 2.75) is 6.92 Å². The summed E-state index contributed by atoms with van der Waals surface area (Å²) in [5.41, 5.74) is 6.36. The Bertz CT molecular complexity index is 321. The van der Waals surface area contributed by atoms with Crippen LogP contribution in [-0.4, -0.2) is 20.9 Å². The quantitative estimate of drug-likeness (QED) is 0.498. The summed E-state index contributed by atoms with van der Waals surface area (Å²) in [5, 5.41) is 0. The number of carbonyl (C=O) groups is 1. The molecule has 2 N–H and O–H groups in total. The van der Waals surface area contributed by atoms with Gasteiger partial charge in [0.15, 0.2) is 0 Å². The van der Waals surface area contributed by atoms with Crippen LogP contribution in [0.2, 0.25) is 0 Å². The molecule has 0 aromatic carbocycles. The largest absolute Gasteiger partial charge is 0.465 e. The molecule has 0 aliphatic heterocycles. The zero-order valence-corrected chi connectivity index (χ0v) is 7.70. The van der Waals surface area contributed by atoms with Gasteiger partial charge in [0.2, 0.25) is 0 Å². The van der Waals surface area contributed by atoms with Crippen LogP contribution in [0.1, 0.15) is 14.5 Å². The van der Waals surface area contributed by atoms with Crippen molar-refractivity contribution in [3.63, 3.8) is 0 Å². The van der Waals surface area contributed by atoms with E-state index in [1.807, 2.05) is 6.92 Å². The molecule has 0 atom stereocenters. The second kappa shape index (κ2) is 3.19. The van der Waals surface area contributed by atoms with E-state index in [9.17, 15) is 4.79 Å². The van der Waals surface area contributed by atoms with Crippen molar-refractivity contribution < 1.29 is 9.53 Å². The third-order valence-corrected chi connectivity index (χ3v) is 2.66. The molecular weight excluding hydrogens is 173 g/mol. The van der Waals surface area contributed by atoms with Gasteiger partial charge in [0.05, 0.1) is 12.8 Å². The lowest BCUT2D eigenvalue weighted by molar-refractivity contribution is 0.0607. The van der Waals surface area contributed by atoms with Gasteiger partial charge in [0.25, 0.3) is 0 Å². The highest BCUT2D eigenvalue weighted by Gasteiger charge is 2.15. The van der Waals surface area contributed by atoms with Crippen LogP contribution in [-0.2, 0) is 4.74 Å². The first kappa shape index (κ1) is 9.13. The van der Waals surface area contributed by atoms with Gasteiger partial charge in [-0.3, -0.25) is 0 Å². The summed E-state index contributed by atoms with van der Waals surface area (Å²) in [6.07, 6.45) is 0. The Hall–Kier alpha value is -0.965. The van der Waals surface area contributed by atoms with E-state index in [0.717, 1.165) is 4.88 Å². The maximum absolute atomic E-state index is 11.1. The molecule has 3 nitrogen and oxygen atoms in total. The number of esters is 1. The number of rotatable bonds is 1. The Kier molecular flexibility index (Phi) is 2.42. The number of hydrogen-bond acceptors (Lipinski definition) is 4. The van der Waals surface area contributed by atoms with Gasteiger partial charge >= 0.3 is 5.97 Å². The maximum Gasteiger partial charge on any atom is 0.350 e. The third-order valence-electron chi connectivity index (χ3n) is 1.54. The fourth-order valence-electron chi connectivity index (χ4n) is 0.819. The van der Waals surface area contributed by atoms with E-state index in [1.165, 1.54) is 18.4 Å². The van der Waals surface area contributed by atoms with Crippen LogP contribution < -0.4 is 11.2 Å². The Morgan fingerprint density at radius 3 is 2.58 bits per heavy atom. The summed E-state index contributed by atoms with van der Waals surface area (Å²) in [6, 6.07) is 0. The van der Waals surface area contributed by atoms with E-state index in [1.54, 1.807) is 0 Å². The van der Waals surface area contributed by atoms with Crippen LogP contribution in [0.3, 0.4) is 0 Å². The summed E-state index contributed by atoms with van der Waals surface area (Å²) in [4.78, 5) is 12.3. The number of carbonyl (C=O) groups excluding carboxylic acids is 1. The van der Waals surface area contributed by atoms with Gasteiger partial charge in [0.1, 0.15) is 12.7 Å². The van der Waals surface area contributed by atoms with Crippen molar-refractivity contribution >= 4 is 36.3 Å². The number of nitrogens with two attached hydrogens (primary N) is 1. The minimum atomic E-state index is -0.433. The van der Waals surface area contributed by atoms with Crippen LogP contribution in [0.5, 0.6) is 0 Å². The Balaban J connectivity index is 3.17. The summed E-state index contributed by atoms with van der Waals surface area (Å²) in [5.74, 6) is -0.433. The van der Waals surface area contributed by atoms with Crippen LogP contribution in [0, 0.1) is 6.92 Å². The first-order valence-electron chi connectivity index (χ1n) is 3.30. The van der Waals surface area contributed by atoms with Gasteiger partial charge in [0, 0.05) is 0 Å². The van der Waals surface area contributed by atoms with Gasteiger partial charge in [-0.2, -0.15) is 0 Å². The molecule has 62 valence electrons. The summed E-state index contributed by atoms with van der Waals surface area (Å²) >= 11 is 1.25. The fourth-order valence-corrected chi connectivity index (χ4v) is 1.73. The molecule has 0 aliphatic rings. The SMILES string of the molecule is [B]c1c(C)sc(C(=O)OC)c1N. The highest BCUT2D eigenvalue weighted by molar-refractivity contribution is 7.15. The highest BCUT2D eigenvalue weighted by Crippen LogP contribution is 2.21. The van der Waals surface area contributed by atoms with Gasteiger partial charge in [-0.05, 0) is 11.8 Å². The number of anilines is 1. The van der Waals surface area contributed by atoms with Crippen molar-refractivity contribution in [1.29, 1.82) is 0 Å². The standard InChI is InChI=1S/C7H8BNO2S/c1-3-4(8)5(9)6(12-3)7(10)11-2/h9H2,1-2H3. The maximum atomic E-state index is 11.1. The number of hydrogen-bond donors (Lipinski definition) is 1. The van der Waals surface area contributed by atoms with Gasteiger partial charge in [-0.25, -0.2) is 4.79 Å². The van der Waals surface area contributed by atoms with Crippen LogP contribution in [0.15, 0.2) is 0 Å². The summed E-state index contributed by atoms with van der Waals surface area (Å²) in [6.45, 7) is 1.81. The third kappa shape index (κ3) is 1.32. The number of ether oxygens (including phenoxy) is 1. The molecule has 1 aromatic heterocycles.